The maximum Gasteiger partial charge on any atom is 0.317 e. The van der Waals surface area contributed by atoms with Crippen molar-refractivity contribution in [2.45, 2.75) is 20.4 Å². The minimum Gasteiger partial charge on any atom is -0.367 e. The normalized spacial score (nSPS) is 14.1. The molecule has 8 heteroatoms. The SMILES string of the molecule is Cc1cc(C)n(-c2ccc(CNC(=O)N3CCN(c4ccccc4Cl)CC3)cn2)n1. The molecule has 2 amide bonds. The van der Waals surface area contributed by atoms with Gasteiger partial charge in [-0.2, -0.15) is 5.10 Å². The van der Waals surface area contributed by atoms with Gasteiger partial charge in [-0.3, -0.25) is 0 Å². The van der Waals surface area contributed by atoms with Gasteiger partial charge in [-0.1, -0.05) is 29.8 Å². The third-order valence-electron chi connectivity index (χ3n) is 5.24. The molecular formula is C22H25ClN6O. The quantitative estimate of drug-likeness (QED) is 0.695. The summed E-state index contributed by atoms with van der Waals surface area (Å²) in [6.45, 7) is 7.24. The van der Waals surface area contributed by atoms with E-state index in [0.29, 0.717) is 19.6 Å². The molecule has 1 saturated heterocycles. The number of para-hydroxylation sites is 1. The summed E-state index contributed by atoms with van der Waals surface area (Å²) in [5.74, 6) is 0.770. The molecule has 1 N–H and O–H groups in total. The van der Waals surface area contributed by atoms with Gasteiger partial charge in [-0.15, -0.1) is 0 Å². The second-order valence-electron chi connectivity index (χ2n) is 7.45. The molecule has 4 rings (SSSR count). The van der Waals surface area contributed by atoms with Crippen molar-refractivity contribution in [3.63, 3.8) is 0 Å². The van der Waals surface area contributed by atoms with Gasteiger partial charge in [0.05, 0.1) is 16.4 Å². The maximum absolute atomic E-state index is 12.6. The maximum atomic E-state index is 12.6. The van der Waals surface area contributed by atoms with Gasteiger partial charge in [0.2, 0.25) is 0 Å². The standard InChI is InChI=1S/C22H25ClN6O/c1-16-13-17(2)29(26-16)21-8-7-18(14-24-21)15-25-22(30)28-11-9-27(10-12-28)20-6-4-3-5-19(20)23/h3-8,13-14H,9-12,15H2,1-2H3,(H,25,30). The fourth-order valence-corrected chi connectivity index (χ4v) is 3.91. The van der Waals surface area contributed by atoms with Crippen molar-refractivity contribution in [1.82, 2.24) is 25.0 Å². The van der Waals surface area contributed by atoms with E-state index in [2.05, 4.69) is 20.3 Å². The van der Waals surface area contributed by atoms with Gasteiger partial charge < -0.3 is 15.1 Å². The predicted molar refractivity (Wildman–Crippen MR) is 118 cm³/mol. The van der Waals surface area contributed by atoms with Crippen molar-refractivity contribution in [3.8, 4) is 5.82 Å². The number of carbonyl (C=O) groups is 1. The van der Waals surface area contributed by atoms with Crippen LogP contribution in [0.15, 0.2) is 48.7 Å². The number of nitrogens with one attached hydrogen (secondary N) is 1. The van der Waals surface area contributed by atoms with Gasteiger partial charge in [0, 0.05) is 44.6 Å². The lowest BCUT2D eigenvalue weighted by Crippen LogP contribution is -2.51. The number of pyridine rings is 1. The Labute approximate surface area is 181 Å². The van der Waals surface area contributed by atoms with E-state index >= 15 is 0 Å². The Balaban J connectivity index is 1.29. The molecule has 1 aliphatic rings. The summed E-state index contributed by atoms with van der Waals surface area (Å²) in [4.78, 5) is 21.1. The summed E-state index contributed by atoms with van der Waals surface area (Å²) >= 11 is 6.29. The van der Waals surface area contributed by atoms with E-state index in [1.807, 2.05) is 65.9 Å². The average molecular weight is 425 g/mol. The highest BCUT2D eigenvalue weighted by atomic mass is 35.5. The first-order valence-corrected chi connectivity index (χ1v) is 10.4. The summed E-state index contributed by atoms with van der Waals surface area (Å²) in [6.07, 6.45) is 1.78. The number of rotatable bonds is 4. The van der Waals surface area contributed by atoms with Crippen LogP contribution in [0.5, 0.6) is 0 Å². The monoisotopic (exact) mass is 424 g/mol. The number of hydrogen-bond acceptors (Lipinski definition) is 4. The van der Waals surface area contributed by atoms with Crippen LogP contribution in [0.25, 0.3) is 5.82 Å². The number of amides is 2. The molecule has 3 aromatic rings. The van der Waals surface area contributed by atoms with Crippen LogP contribution >= 0.6 is 11.6 Å². The van der Waals surface area contributed by atoms with E-state index in [0.717, 1.165) is 46.6 Å². The van der Waals surface area contributed by atoms with Crippen LogP contribution in [0.4, 0.5) is 10.5 Å². The minimum absolute atomic E-state index is 0.0589. The van der Waals surface area contributed by atoms with Crippen LogP contribution in [0.3, 0.4) is 0 Å². The van der Waals surface area contributed by atoms with Gasteiger partial charge in [0.25, 0.3) is 0 Å². The minimum atomic E-state index is -0.0589. The summed E-state index contributed by atoms with van der Waals surface area (Å²) in [5.41, 5.74) is 3.97. The lowest BCUT2D eigenvalue weighted by molar-refractivity contribution is 0.194. The molecule has 7 nitrogen and oxygen atoms in total. The van der Waals surface area contributed by atoms with Crippen molar-refractivity contribution in [2.24, 2.45) is 0 Å². The Morgan fingerprint density at radius 2 is 1.87 bits per heavy atom. The first-order chi connectivity index (χ1) is 14.5. The summed E-state index contributed by atoms with van der Waals surface area (Å²) in [5, 5.41) is 8.18. The molecule has 1 aliphatic heterocycles. The zero-order chi connectivity index (χ0) is 21.1. The number of nitrogens with zero attached hydrogens (tertiary/aromatic N) is 5. The number of benzene rings is 1. The van der Waals surface area contributed by atoms with E-state index in [1.165, 1.54) is 0 Å². The number of aromatic nitrogens is 3. The van der Waals surface area contributed by atoms with Crippen LogP contribution in [-0.2, 0) is 6.54 Å². The largest absolute Gasteiger partial charge is 0.367 e. The van der Waals surface area contributed by atoms with Gasteiger partial charge in [0.15, 0.2) is 5.82 Å². The fraction of sp³-hybridized carbons (Fsp3) is 0.318. The number of carbonyl (C=O) groups excluding carboxylic acids is 1. The highest BCUT2D eigenvalue weighted by molar-refractivity contribution is 6.33. The number of anilines is 1. The summed E-state index contributed by atoms with van der Waals surface area (Å²) < 4.78 is 1.82. The first-order valence-electron chi connectivity index (χ1n) is 10.0. The summed E-state index contributed by atoms with van der Waals surface area (Å²) in [7, 11) is 0. The van der Waals surface area contributed by atoms with Crippen LogP contribution in [-0.4, -0.2) is 51.9 Å². The topological polar surface area (TPSA) is 66.3 Å². The molecule has 3 heterocycles. The van der Waals surface area contributed by atoms with Crippen LogP contribution in [0.2, 0.25) is 5.02 Å². The van der Waals surface area contributed by atoms with Gasteiger partial charge in [0.1, 0.15) is 0 Å². The second-order valence-corrected chi connectivity index (χ2v) is 7.85. The number of urea groups is 1. The van der Waals surface area contributed by atoms with Gasteiger partial charge >= 0.3 is 6.03 Å². The molecule has 30 heavy (non-hydrogen) atoms. The Hall–Kier alpha value is -3.06. The molecule has 156 valence electrons. The van der Waals surface area contributed by atoms with E-state index in [4.69, 9.17) is 11.6 Å². The average Bonchev–Trinajstić information content (AvgIpc) is 3.11. The number of piperazine rings is 1. The molecular weight excluding hydrogens is 400 g/mol. The van der Waals surface area contributed by atoms with E-state index in [1.54, 1.807) is 6.20 Å². The van der Waals surface area contributed by atoms with Gasteiger partial charge in [-0.05, 0) is 43.7 Å². The molecule has 0 bridgehead atoms. The highest BCUT2D eigenvalue weighted by Gasteiger charge is 2.22. The number of halogens is 1. The zero-order valence-electron chi connectivity index (χ0n) is 17.2. The van der Waals surface area contributed by atoms with E-state index in [9.17, 15) is 4.79 Å². The molecule has 0 saturated carbocycles. The van der Waals surface area contributed by atoms with E-state index < -0.39 is 0 Å². The molecule has 1 fully saturated rings. The molecule has 2 aromatic heterocycles. The van der Waals surface area contributed by atoms with Crippen LogP contribution in [0, 0.1) is 13.8 Å². The highest BCUT2D eigenvalue weighted by Crippen LogP contribution is 2.26. The fourth-order valence-electron chi connectivity index (χ4n) is 3.66. The molecule has 0 unspecified atom stereocenters. The molecule has 0 spiro atoms. The van der Waals surface area contributed by atoms with Gasteiger partial charge in [-0.25, -0.2) is 14.5 Å². The Kier molecular flexibility index (Phi) is 5.90. The van der Waals surface area contributed by atoms with Crippen LogP contribution < -0.4 is 10.2 Å². The number of hydrogen-bond donors (Lipinski definition) is 1. The molecule has 1 aromatic carbocycles. The third-order valence-corrected chi connectivity index (χ3v) is 5.56. The molecule has 0 atom stereocenters. The smallest absolute Gasteiger partial charge is 0.317 e. The lowest BCUT2D eigenvalue weighted by Gasteiger charge is -2.36. The first kappa shape index (κ1) is 20.2. The second kappa shape index (κ2) is 8.75. The van der Waals surface area contributed by atoms with Crippen molar-refractivity contribution >= 4 is 23.3 Å². The van der Waals surface area contributed by atoms with Crippen molar-refractivity contribution in [2.75, 3.05) is 31.1 Å². The number of aryl methyl sites for hydroxylation is 2. The van der Waals surface area contributed by atoms with Crippen molar-refractivity contribution in [3.05, 3.63) is 70.6 Å². The Bertz CT molecular complexity index is 1020. The Morgan fingerprint density at radius 1 is 1.10 bits per heavy atom. The van der Waals surface area contributed by atoms with Crippen LogP contribution in [0.1, 0.15) is 17.0 Å². The molecule has 0 radical (unpaired) electrons. The predicted octanol–water partition coefficient (Wildman–Crippen LogP) is 3.57. The Morgan fingerprint density at radius 3 is 2.50 bits per heavy atom. The van der Waals surface area contributed by atoms with E-state index in [-0.39, 0.29) is 6.03 Å². The summed E-state index contributed by atoms with van der Waals surface area (Å²) in [6, 6.07) is 13.7. The lowest BCUT2D eigenvalue weighted by atomic mass is 10.2. The van der Waals surface area contributed by atoms with Crippen molar-refractivity contribution < 1.29 is 4.79 Å². The zero-order valence-corrected chi connectivity index (χ0v) is 17.9. The van der Waals surface area contributed by atoms with Crippen molar-refractivity contribution in [1.29, 1.82) is 0 Å². The molecule has 0 aliphatic carbocycles. The third kappa shape index (κ3) is 4.41.